The minimum absolute atomic E-state index is 0.191. The van der Waals surface area contributed by atoms with Crippen LogP contribution in [0, 0.1) is 0 Å². The summed E-state index contributed by atoms with van der Waals surface area (Å²) in [6.07, 6.45) is 4.36. The summed E-state index contributed by atoms with van der Waals surface area (Å²) in [5.74, 6) is 0.963. The summed E-state index contributed by atoms with van der Waals surface area (Å²) >= 11 is 0. The maximum atomic E-state index is 5.52. The molecule has 3 nitrogen and oxygen atoms in total. The predicted molar refractivity (Wildman–Crippen MR) is 35.9 cm³/mol. The number of H-pyrrole nitrogens is 1. The van der Waals surface area contributed by atoms with Crippen LogP contribution in [0.2, 0.25) is 0 Å². The topological polar surface area (TPSA) is 54.7 Å². The molecule has 0 amide bonds. The highest BCUT2D eigenvalue weighted by molar-refractivity contribution is 4.88. The van der Waals surface area contributed by atoms with Gasteiger partial charge in [0.2, 0.25) is 0 Å². The average Bonchev–Trinajstić information content (AvgIpc) is 2.15. The van der Waals surface area contributed by atoms with Crippen molar-refractivity contribution in [3.05, 3.63) is 18.2 Å². The van der Waals surface area contributed by atoms with Crippen molar-refractivity contribution in [1.82, 2.24) is 9.97 Å². The van der Waals surface area contributed by atoms with E-state index in [2.05, 4.69) is 9.97 Å². The number of imidazole rings is 1. The molecule has 1 rings (SSSR count). The number of nitrogens with zero attached hydrogens (tertiary/aromatic N) is 1. The van der Waals surface area contributed by atoms with Crippen LogP contribution < -0.4 is 5.73 Å². The van der Waals surface area contributed by atoms with Crippen LogP contribution in [-0.2, 0) is 6.42 Å². The second-order valence-electron chi connectivity index (χ2n) is 2.22. The van der Waals surface area contributed by atoms with Gasteiger partial charge in [-0.1, -0.05) is 0 Å². The summed E-state index contributed by atoms with van der Waals surface area (Å²) in [5, 5.41) is 0. The van der Waals surface area contributed by atoms with E-state index in [0.717, 1.165) is 12.2 Å². The average molecular weight is 125 g/mol. The van der Waals surface area contributed by atoms with E-state index >= 15 is 0 Å². The summed E-state index contributed by atoms with van der Waals surface area (Å²) in [5.41, 5.74) is 5.52. The molecule has 50 valence electrons. The maximum Gasteiger partial charge on any atom is 0.107 e. The number of nitrogens with two attached hydrogens (primary N) is 1. The van der Waals surface area contributed by atoms with Crippen LogP contribution in [-0.4, -0.2) is 16.0 Å². The first-order valence-corrected chi connectivity index (χ1v) is 3.03. The molecule has 1 atom stereocenters. The fourth-order valence-electron chi connectivity index (χ4n) is 0.715. The van der Waals surface area contributed by atoms with Crippen LogP contribution in [0.4, 0.5) is 0 Å². The molecule has 0 spiro atoms. The molecule has 0 aliphatic rings. The largest absolute Gasteiger partial charge is 0.349 e. The van der Waals surface area contributed by atoms with Crippen LogP contribution >= 0.6 is 0 Å². The van der Waals surface area contributed by atoms with Crippen molar-refractivity contribution in [1.29, 1.82) is 0 Å². The minimum Gasteiger partial charge on any atom is -0.349 e. The third-order valence-electron chi connectivity index (χ3n) is 1.07. The summed E-state index contributed by atoms with van der Waals surface area (Å²) in [4.78, 5) is 7.00. The Morgan fingerprint density at radius 1 is 1.89 bits per heavy atom. The first-order valence-electron chi connectivity index (χ1n) is 3.03. The fourth-order valence-corrected chi connectivity index (χ4v) is 0.715. The van der Waals surface area contributed by atoms with Crippen molar-refractivity contribution in [3.8, 4) is 0 Å². The SMILES string of the molecule is CC(N)Cc1ncc[nH]1. The van der Waals surface area contributed by atoms with Gasteiger partial charge in [0.1, 0.15) is 5.82 Å². The molecule has 1 unspecified atom stereocenters. The van der Waals surface area contributed by atoms with Gasteiger partial charge in [-0.05, 0) is 6.92 Å². The molecule has 9 heavy (non-hydrogen) atoms. The second-order valence-corrected chi connectivity index (χ2v) is 2.22. The van der Waals surface area contributed by atoms with Gasteiger partial charge >= 0.3 is 0 Å². The Balaban J connectivity index is 2.48. The number of aromatic nitrogens is 2. The highest BCUT2D eigenvalue weighted by Crippen LogP contribution is 1.91. The predicted octanol–water partition coefficient (Wildman–Crippen LogP) is 0.299. The van der Waals surface area contributed by atoms with Gasteiger partial charge in [-0.2, -0.15) is 0 Å². The first-order chi connectivity index (χ1) is 4.29. The van der Waals surface area contributed by atoms with E-state index in [-0.39, 0.29) is 6.04 Å². The zero-order valence-corrected chi connectivity index (χ0v) is 5.46. The lowest BCUT2D eigenvalue weighted by Gasteiger charge is -1.98. The summed E-state index contributed by atoms with van der Waals surface area (Å²) in [6.45, 7) is 1.96. The van der Waals surface area contributed by atoms with Gasteiger partial charge in [0.25, 0.3) is 0 Å². The van der Waals surface area contributed by atoms with E-state index in [4.69, 9.17) is 5.73 Å². The molecule has 3 heteroatoms. The van der Waals surface area contributed by atoms with Gasteiger partial charge < -0.3 is 10.7 Å². The Morgan fingerprint density at radius 3 is 3.11 bits per heavy atom. The first kappa shape index (κ1) is 6.29. The highest BCUT2D eigenvalue weighted by atomic mass is 14.9. The van der Waals surface area contributed by atoms with Crippen LogP contribution in [0.5, 0.6) is 0 Å². The van der Waals surface area contributed by atoms with Crippen molar-refractivity contribution < 1.29 is 0 Å². The van der Waals surface area contributed by atoms with Gasteiger partial charge in [-0.25, -0.2) is 4.98 Å². The van der Waals surface area contributed by atoms with Gasteiger partial charge in [-0.15, -0.1) is 0 Å². The van der Waals surface area contributed by atoms with Gasteiger partial charge in [0, 0.05) is 24.9 Å². The lowest BCUT2D eigenvalue weighted by Crippen LogP contribution is -2.18. The Morgan fingerprint density at radius 2 is 2.67 bits per heavy atom. The van der Waals surface area contributed by atoms with E-state index in [1.807, 2.05) is 6.92 Å². The smallest absolute Gasteiger partial charge is 0.107 e. The van der Waals surface area contributed by atoms with Crippen molar-refractivity contribution >= 4 is 0 Å². The molecule has 0 saturated heterocycles. The molecule has 3 N–H and O–H groups in total. The lowest BCUT2D eigenvalue weighted by molar-refractivity contribution is 0.710. The Hall–Kier alpha value is -0.830. The van der Waals surface area contributed by atoms with Crippen LogP contribution in [0.15, 0.2) is 12.4 Å². The van der Waals surface area contributed by atoms with E-state index in [0.29, 0.717) is 0 Å². The van der Waals surface area contributed by atoms with Crippen LogP contribution in [0.25, 0.3) is 0 Å². The monoisotopic (exact) mass is 125 g/mol. The molecule has 0 saturated carbocycles. The van der Waals surface area contributed by atoms with Crippen molar-refractivity contribution in [3.63, 3.8) is 0 Å². The molecule has 0 radical (unpaired) electrons. The quantitative estimate of drug-likeness (QED) is 0.597. The van der Waals surface area contributed by atoms with Gasteiger partial charge in [0.05, 0.1) is 0 Å². The van der Waals surface area contributed by atoms with E-state index in [1.165, 1.54) is 0 Å². The lowest BCUT2D eigenvalue weighted by atomic mass is 10.2. The Labute approximate surface area is 54.3 Å². The highest BCUT2D eigenvalue weighted by Gasteiger charge is 1.96. The van der Waals surface area contributed by atoms with Gasteiger partial charge in [-0.3, -0.25) is 0 Å². The van der Waals surface area contributed by atoms with Crippen LogP contribution in [0.3, 0.4) is 0 Å². The molecule has 1 heterocycles. The molecule has 0 aliphatic heterocycles. The van der Waals surface area contributed by atoms with Gasteiger partial charge in [0.15, 0.2) is 0 Å². The van der Waals surface area contributed by atoms with E-state index in [1.54, 1.807) is 12.4 Å². The number of hydrogen-bond donors (Lipinski definition) is 2. The molecular formula is C6H11N3. The van der Waals surface area contributed by atoms with Crippen molar-refractivity contribution in [2.45, 2.75) is 19.4 Å². The molecule has 0 aliphatic carbocycles. The van der Waals surface area contributed by atoms with E-state index in [9.17, 15) is 0 Å². The third kappa shape index (κ3) is 1.85. The zero-order chi connectivity index (χ0) is 6.69. The second kappa shape index (κ2) is 2.64. The molecule has 1 aromatic heterocycles. The molecule has 1 aromatic rings. The van der Waals surface area contributed by atoms with Crippen molar-refractivity contribution in [2.75, 3.05) is 0 Å². The Kier molecular flexibility index (Phi) is 1.85. The number of rotatable bonds is 2. The third-order valence-corrected chi connectivity index (χ3v) is 1.07. The molecule has 0 aromatic carbocycles. The maximum absolute atomic E-state index is 5.52. The normalized spacial score (nSPS) is 13.6. The summed E-state index contributed by atoms with van der Waals surface area (Å²) in [7, 11) is 0. The number of hydrogen-bond acceptors (Lipinski definition) is 2. The number of nitrogens with one attached hydrogen (secondary N) is 1. The molecule has 0 bridgehead atoms. The van der Waals surface area contributed by atoms with Crippen molar-refractivity contribution in [2.24, 2.45) is 5.73 Å². The molecule has 0 fully saturated rings. The zero-order valence-electron chi connectivity index (χ0n) is 5.46. The standard InChI is InChI=1S/C6H11N3/c1-5(7)4-6-8-2-3-9-6/h2-3,5H,4,7H2,1H3,(H,8,9). The fraction of sp³-hybridized carbons (Fsp3) is 0.500. The minimum atomic E-state index is 0.191. The Bertz CT molecular complexity index is 155. The summed E-state index contributed by atoms with van der Waals surface area (Å²) in [6, 6.07) is 0.191. The summed E-state index contributed by atoms with van der Waals surface area (Å²) < 4.78 is 0. The number of aromatic amines is 1. The van der Waals surface area contributed by atoms with Crippen LogP contribution in [0.1, 0.15) is 12.7 Å². The molecular weight excluding hydrogens is 114 g/mol. The van der Waals surface area contributed by atoms with E-state index < -0.39 is 0 Å².